The molecule has 0 unspecified atom stereocenters. The number of hydrogen-bond donors (Lipinski definition) is 1. The van der Waals surface area contributed by atoms with Crippen molar-refractivity contribution in [2.24, 2.45) is 0 Å². The van der Waals surface area contributed by atoms with Crippen LogP contribution in [0.1, 0.15) is 12.8 Å². The highest BCUT2D eigenvalue weighted by Crippen LogP contribution is 2.22. The van der Waals surface area contributed by atoms with E-state index in [0.29, 0.717) is 6.10 Å². The van der Waals surface area contributed by atoms with Gasteiger partial charge in [0.1, 0.15) is 11.9 Å². The van der Waals surface area contributed by atoms with Crippen LogP contribution in [0.25, 0.3) is 10.9 Å². The maximum absolute atomic E-state index is 6.09. The van der Waals surface area contributed by atoms with E-state index in [-0.39, 0.29) is 0 Å². The predicted molar refractivity (Wildman–Crippen MR) is 78.1 cm³/mol. The summed E-state index contributed by atoms with van der Waals surface area (Å²) in [7, 11) is 1.75. The average molecular weight is 275 g/mol. The van der Waals surface area contributed by atoms with Crippen LogP contribution in [0, 0.1) is 0 Å². The van der Waals surface area contributed by atoms with Crippen LogP contribution in [-0.2, 0) is 4.74 Å². The average Bonchev–Trinajstić information content (AvgIpc) is 2.94. The molecule has 108 valence electrons. The highest BCUT2D eigenvalue weighted by molar-refractivity contribution is 5.79. The van der Waals surface area contributed by atoms with Gasteiger partial charge in [-0.2, -0.15) is 5.10 Å². The van der Waals surface area contributed by atoms with Gasteiger partial charge < -0.3 is 14.4 Å². The number of hydrogen-bond acceptors (Lipinski definition) is 4. The van der Waals surface area contributed by atoms with E-state index < -0.39 is 0 Å². The Morgan fingerprint density at radius 2 is 2.20 bits per heavy atom. The molecule has 0 radical (unpaired) electrons. The first kappa shape index (κ1) is 13.4. The molecule has 0 spiro atoms. The SMILES string of the molecule is COCCN1CCC(Oc2ccc3[nH]ncc3c2)CC1. The molecule has 0 aliphatic carbocycles. The summed E-state index contributed by atoms with van der Waals surface area (Å²) in [4.78, 5) is 2.43. The fourth-order valence-electron chi connectivity index (χ4n) is 2.66. The van der Waals surface area contributed by atoms with Crippen molar-refractivity contribution >= 4 is 10.9 Å². The molecule has 1 aromatic carbocycles. The van der Waals surface area contributed by atoms with Gasteiger partial charge in [0.25, 0.3) is 0 Å². The molecule has 0 bridgehead atoms. The zero-order valence-corrected chi connectivity index (χ0v) is 11.8. The monoisotopic (exact) mass is 275 g/mol. The Morgan fingerprint density at radius 1 is 1.35 bits per heavy atom. The fraction of sp³-hybridized carbons (Fsp3) is 0.533. The number of methoxy groups -OCH3 is 1. The van der Waals surface area contributed by atoms with Crippen LogP contribution < -0.4 is 4.74 Å². The molecule has 0 amide bonds. The van der Waals surface area contributed by atoms with E-state index in [2.05, 4.69) is 21.2 Å². The Kier molecular flexibility index (Phi) is 4.18. The van der Waals surface area contributed by atoms with Crippen LogP contribution in [-0.4, -0.2) is 54.6 Å². The smallest absolute Gasteiger partial charge is 0.120 e. The summed E-state index contributed by atoms with van der Waals surface area (Å²) in [6, 6.07) is 6.08. The molecule has 0 atom stereocenters. The van der Waals surface area contributed by atoms with Crippen molar-refractivity contribution in [2.75, 3.05) is 33.4 Å². The molecule has 1 fully saturated rings. The lowest BCUT2D eigenvalue weighted by atomic mass is 10.1. The van der Waals surface area contributed by atoms with Gasteiger partial charge in [0.05, 0.1) is 18.3 Å². The van der Waals surface area contributed by atoms with E-state index in [1.165, 1.54) is 0 Å². The summed E-state index contributed by atoms with van der Waals surface area (Å²) in [6.07, 6.45) is 4.30. The molecule has 5 heteroatoms. The number of fused-ring (bicyclic) bond motifs is 1. The number of piperidine rings is 1. The minimum absolute atomic E-state index is 0.318. The second-order valence-corrected chi connectivity index (χ2v) is 5.27. The van der Waals surface area contributed by atoms with Gasteiger partial charge in [0, 0.05) is 32.1 Å². The molecule has 1 aliphatic heterocycles. The molecule has 2 aromatic rings. The fourth-order valence-corrected chi connectivity index (χ4v) is 2.66. The molecular weight excluding hydrogens is 254 g/mol. The van der Waals surface area contributed by atoms with Crippen molar-refractivity contribution in [1.29, 1.82) is 0 Å². The first-order valence-corrected chi connectivity index (χ1v) is 7.16. The molecule has 3 rings (SSSR count). The van der Waals surface area contributed by atoms with E-state index in [4.69, 9.17) is 9.47 Å². The molecule has 1 N–H and O–H groups in total. The van der Waals surface area contributed by atoms with Crippen molar-refractivity contribution in [1.82, 2.24) is 15.1 Å². The van der Waals surface area contributed by atoms with Gasteiger partial charge in [-0.05, 0) is 31.0 Å². The maximum Gasteiger partial charge on any atom is 0.120 e. The van der Waals surface area contributed by atoms with Crippen LogP contribution in [0.4, 0.5) is 0 Å². The number of nitrogens with one attached hydrogen (secondary N) is 1. The third-order valence-electron chi connectivity index (χ3n) is 3.86. The van der Waals surface area contributed by atoms with Crippen LogP contribution in [0.3, 0.4) is 0 Å². The number of aromatic nitrogens is 2. The third kappa shape index (κ3) is 3.11. The highest BCUT2D eigenvalue weighted by Gasteiger charge is 2.20. The summed E-state index contributed by atoms with van der Waals surface area (Å²) in [5, 5.41) is 8.08. The zero-order chi connectivity index (χ0) is 13.8. The summed E-state index contributed by atoms with van der Waals surface area (Å²) in [5.41, 5.74) is 1.05. The number of benzene rings is 1. The Labute approximate surface area is 118 Å². The summed E-state index contributed by atoms with van der Waals surface area (Å²) >= 11 is 0. The molecule has 0 saturated carbocycles. The van der Waals surface area contributed by atoms with Gasteiger partial charge in [-0.1, -0.05) is 0 Å². The van der Waals surface area contributed by atoms with E-state index in [9.17, 15) is 0 Å². The summed E-state index contributed by atoms with van der Waals surface area (Å²) < 4.78 is 11.2. The van der Waals surface area contributed by atoms with Crippen LogP contribution >= 0.6 is 0 Å². The quantitative estimate of drug-likeness (QED) is 0.907. The van der Waals surface area contributed by atoms with Gasteiger partial charge in [-0.15, -0.1) is 0 Å². The van der Waals surface area contributed by atoms with E-state index in [1.54, 1.807) is 7.11 Å². The summed E-state index contributed by atoms with van der Waals surface area (Å²) in [6.45, 7) is 4.00. The minimum Gasteiger partial charge on any atom is -0.490 e. The second-order valence-electron chi connectivity index (χ2n) is 5.27. The Bertz CT molecular complexity index is 547. The lowest BCUT2D eigenvalue weighted by Crippen LogP contribution is -2.39. The van der Waals surface area contributed by atoms with Crippen molar-refractivity contribution in [3.05, 3.63) is 24.4 Å². The Morgan fingerprint density at radius 3 is 3.00 bits per heavy atom. The number of nitrogens with zero attached hydrogens (tertiary/aromatic N) is 2. The molecule has 5 nitrogen and oxygen atoms in total. The third-order valence-corrected chi connectivity index (χ3v) is 3.86. The van der Waals surface area contributed by atoms with Gasteiger partial charge in [0.2, 0.25) is 0 Å². The molecule has 20 heavy (non-hydrogen) atoms. The van der Waals surface area contributed by atoms with E-state index >= 15 is 0 Å². The second kappa shape index (κ2) is 6.24. The summed E-state index contributed by atoms with van der Waals surface area (Å²) in [5.74, 6) is 0.939. The lowest BCUT2D eigenvalue weighted by Gasteiger charge is -2.31. The number of ether oxygens (including phenoxy) is 2. The molecular formula is C15H21N3O2. The first-order valence-electron chi connectivity index (χ1n) is 7.16. The van der Waals surface area contributed by atoms with Gasteiger partial charge in [-0.3, -0.25) is 5.10 Å². The maximum atomic E-state index is 6.09. The van der Waals surface area contributed by atoms with Crippen LogP contribution in [0.5, 0.6) is 5.75 Å². The number of H-pyrrole nitrogens is 1. The lowest BCUT2D eigenvalue weighted by molar-refractivity contribution is 0.0798. The first-order chi connectivity index (χ1) is 9.85. The van der Waals surface area contributed by atoms with Crippen molar-refractivity contribution in [3.63, 3.8) is 0 Å². The largest absolute Gasteiger partial charge is 0.490 e. The molecule has 1 aliphatic rings. The number of likely N-dealkylation sites (tertiary alicyclic amines) is 1. The minimum atomic E-state index is 0.318. The van der Waals surface area contributed by atoms with Gasteiger partial charge in [-0.25, -0.2) is 0 Å². The molecule has 1 aromatic heterocycles. The Balaban J connectivity index is 1.53. The van der Waals surface area contributed by atoms with Crippen LogP contribution in [0.2, 0.25) is 0 Å². The van der Waals surface area contributed by atoms with Gasteiger partial charge in [0.15, 0.2) is 0 Å². The molecule has 2 heterocycles. The zero-order valence-electron chi connectivity index (χ0n) is 11.8. The molecule has 1 saturated heterocycles. The van der Waals surface area contributed by atoms with Crippen LogP contribution in [0.15, 0.2) is 24.4 Å². The van der Waals surface area contributed by atoms with Crippen molar-refractivity contribution < 1.29 is 9.47 Å². The van der Waals surface area contributed by atoms with Crippen molar-refractivity contribution in [3.8, 4) is 5.75 Å². The van der Waals surface area contributed by atoms with Crippen molar-refractivity contribution in [2.45, 2.75) is 18.9 Å². The van der Waals surface area contributed by atoms with Gasteiger partial charge >= 0.3 is 0 Å². The predicted octanol–water partition coefficient (Wildman–Crippen LogP) is 2.05. The topological polar surface area (TPSA) is 50.4 Å². The number of rotatable bonds is 5. The Hall–Kier alpha value is -1.59. The number of aromatic amines is 1. The highest BCUT2D eigenvalue weighted by atomic mass is 16.5. The normalized spacial score (nSPS) is 17.6. The van der Waals surface area contributed by atoms with E-state index in [1.807, 2.05) is 18.3 Å². The standard InChI is InChI=1S/C15H21N3O2/c1-19-9-8-18-6-4-13(5-7-18)20-14-2-3-15-12(10-14)11-16-17-15/h2-3,10-11,13H,4-9H2,1H3,(H,16,17). The van der Waals surface area contributed by atoms with E-state index in [0.717, 1.165) is 55.7 Å².